The van der Waals surface area contributed by atoms with Gasteiger partial charge in [-0.3, -0.25) is 4.79 Å². The topological polar surface area (TPSA) is 98.3 Å². The number of hydrogen-bond acceptors (Lipinski definition) is 6. The van der Waals surface area contributed by atoms with Crippen molar-refractivity contribution in [3.63, 3.8) is 0 Å². The molecule has 0 saturated heterocycles. The number of rotatable bonds is 6. The molecule has 3 aromatic rings. The molecule has 1 aromatic carbocycles. The number of benzene rings is 1. The van der Waals surface area contributed by atoms with E-state index in [1.54, 1.807) is 30.6 Å². The average molecular weight is 348 g/mol. The smallest absolute Gasteiger partial charge is 0.303 e. The van der Waals surface area contributed by atoms with Crippen LogP contribution in [0.2, 0.25) is 5.02 Å². The molecule has 2 heterocycles. The molecule has 7 nitrogen and oxygen atoms in total. The lowest BCUT2D eigenvalue weighted by atomic mass is 10.1. The zero-order chi connectivity index (χ0) is 17.1. The van der Waals surface area contributed by atoms with E-state index in [1.807, 2.05) is 6.92 Å². The Balaban J connectivity index is 1.85. The summed E-state index contributed by atoms with van der Waals surface area (Å²) in [4.78, 5) is 19.0. The molecule has 8 heteroatoms. The molecule has 0 radical (unpaired) electrons. The molecule has 3 rings (SSSR count). The molecule has 0 saturated carbocycles. The first kappa shape index (κ1) is 16.2. The van der Waals surface area contributed by atoms with E-state index in [1.165, 1.54) is 0 Å². The van der Waals surface area contributed by atoms with Crippen LogP contribution < -0.4 is 4.74 Å². The van der Waals surface area contributed by atoms with E-state index in [0.29, 0.717) is 33.3 Å². The van der Waals surface area contributed by atoms with Crippen molar-refractivity contribution in [2.75, 3.05) is 0 Å². The second-order valence-corrected chi connectivity index (χ2v) is 5.58. The quantitative estimate of drug-likeness (QED) is 0.729. The largest absolute Gasteiger partial charge is 0.481 e. The van der Waals surface area contributed by atoms with Gasteiger partial charge in [0.2, 0.25) is 0 Å². The van der Waals surface area contributed by atoms with Gasteiger partial charge >= 0.3 is 5.97 Å². The van der Waals surface area contributed by atoms with Gasteiger partial charge in [-0.05, 0) is 19.1 Å². The fourth-order valence-corrected chi connectivity index (χ4v) is 2.46. The Hall–Kier alpha value is -2.67. The lowest BCUT2D eigenvalue weighted by Gasteiger charge is -2.14. The fourth-order valence-electron chi connectivity index (χ4n) is 2.25. The highest BCUT2D eigenvalue weighted by Crippen LogP contribution is 2.34. The lowest BCUT2D eigenvalue weighted by molar-refractivity contribution is -0.136. The standard InChI is InChI=1S/C16H14ClN3O4/c1-9(16-18-5-2-6-19-16)23-14-8-13-10(7-11(14)17)12(20-24-13)3-4-15(21)22/h2,5-9H,3-4H2,1H3,(H,21,22). The zero-order valence-corrected chi connectivity index (χ0v) is 13.5. The molecule has 0 bridgehead atoms. The van der Waals surface area contributed by atoms with Crippen LogP contribution in [0.5, 0.6) is 5.75 Å². The van der Waals surface area contributed by atoms with Crippen molar-refractivity contribution in [2.24, 2.45) is 0 Å². The summed E-state index contributed by atoms with van der Waals surface area (Å²) in [6, 6.07) is 5.02. The van der Waals surface area contributed by atoms with Gasteiger partial charge in [0.25, 0.3) is 0 Å². The summed E-state index contributed by atoms with van der Waals surface area (Å²) in [6.45, 7) is 1.81. The van der Waals surface area contributed by atoms with Gasteiger partial charge in [0.1, 0.15) is 5.75 Å². The number of aryl methyl sites for hydroxylation is 1. The van der Waals surface area contributed by atoms with Gasteiger partial charge in [-0.25, -0.2) is 9.97 Å². The number of aliphatic carboxylic acids is 1. The van der Waals surface area contributed by atoms with Crippen LogP contribution in [0.15, 0.2) is 35.1 Å². The highest BCUT2D eigenvalue weighted by Gasteiger charge is 2.17. The number of nitrogens with zero attached hydrogens (tertiary/aromatic N) is 3. The van der Waals surface area contributed by atoms with Gasteiger partial charge in [-0.15, -0.1) is 0 Å². The third kappa shape index (κ3) is 3.46. The first-order valence-electron chi connectivity index (χ1n) is 7.27. The minimum atomic E-state index is -0.895. The predicted molar refractivity (Wildman–Crippen MR) is 86.1 cm³/mol. The van der Waals surface area contributed by atoms with Crippen molar-refractivity contribution >= 4 is 28.5 Å². The minimum absolute atomic E-state index is 0.0279. The maximum atomic E-state index is 10.7. The second-order valence-electron chi connectivity index (χ2n) is 5.17. The highest BCUT2D eigenvalue weighted by molar-refractivity contribution is 6.32. The highest BCUT2D eigenvalue weighted by atomic mass is 35.5. The van der Waals surface area contributed by atoms with E-state index in [-0.39, 0.29) is 12.8 Å². The first-order chi connectivity index (χ1) is 11.5. The molecule has 1 atom stereocenters. The van der Waals surface area contributed by atoms with Gasteiger partial charge in [-0.1, -0.05) is 16.8 Å². The van der Waals surface area contributed by atoms with Crippen LogP contribution in [0, 0.1) is 0 Å². The molecule has 0 spiro atoms. The number of carboxylic acids is 1. The summed E-state index contributed by atoms with van der Waals surface area (Å²) in [6.07, 6.45) is 3.12. The van der Waals surface area contributed by atoms with E-state index >= 15 is 0 Å². The number of halogens is 1. The summed E-state index contributed by atoms with van der Waals surface area (Å²) >= 11 is 6.27. The molecule has 24 heavy (non-hydrogen) atoms. The third-order valence-electron chi connectivity index (χ3n) is 3.43. The fraction of sp³-hybridized carbons (Fsp3) is 0.250. The Kier molecular flexibility index (Phi) is 4.61. The first-order valence-corrected chi connectivity index (χ1v) is 7.65. The van der Waals surface area contributed by atoms with Crippen molar-refractivity contribution in [3.8, 4) is 5.75 Å². The molecule has 1 N–H and O–H groups in total. The van der Waals surface area contributed by atoms with Crippen LogP contribution in [-0.2, 0) is 11.2 Å². The Morgan fingerprint density at radius 2 is 2.12 bits per heavy atom. The molecular weight excluding hydrogens is 334 g/mol. The number of carbonyl (C=O) groups is 1. The van der Waals surface area contributed by atoms with E-state index in [9.17, 15) is 4.79 Å². The molecular formula is C16H14ClN3O4. The SMILES string of the molecule is CC(Oc1cc2onc(CCC(=O)O)c2cc1Cl)c1ncccn1. The molecule has 0 amide bonds. The number of fused-ring (bicyclic) bond motifs is 1. The van der Waals surface area contributed by atoms with Crippen molar-refractivity contribution in [1.82, 2.24) is 15.1 Å². The van der Waals surface area contributed by atoms with Crippen molar-refractivity contribution in [1.29, 1.82) is 0 Å². The lowest BCUT2D eigenvalue weighted by Crippen LogP contribution is -2.07. The van der Waals surface area contributed by atoms with Gasteiger partial charge in [0, 0.05) is 30.3 Å². The number of hydrogen-bond donors (Lipinski definition) is 1. The predicted octanol–water partition coefficient (Wildman–Crippen LogP) is 3.43. The van der Waals surface area contributed by atoms with Crippen LogP contribution in [0.1, 0.15) is 31.0 Å². The number of aromatic nitrogens is 3. The van der Waals surface area contributed by atoms with E-state index in [2.05, 4.69) is 15.1 Å². The maximum Gasteiger partial charge on any atom is 0.303 e. The maximum absolute atomic E-state index is 10.7. The molecule has 124 valence electrons. The Bertz CT molecular complexity index is 866. The average Bonchev–Trinajstić information content (AvgIpc) is 2.96. The van der Waals surface area contributed by atoms with Crippen LogP contribution in [0.4, 0.5) is 0 Å². The third-order valence-corrected chi connectivity index (χ3v) is 3.72. The molecule has 1 unspecified atom stereocenters. The van der Waals surface area contributed by atoms with Crippen LogP contribution in [-0.4, -0.2) is 26.2 Å². The van der Waals surface area contributed by atoms with Gasteiger partial charge < -0.3 is 14.4 Å². The van der Waals surface area contributed by atoms with Gasteiger partial charge in [0.15, 0.2) is 17.5 Å². The zero-order valence-electron chi connectivity index (χ0n) is 12.8. The monoisotopic (exact) mass is 347 g/mol. The van der Waals surface area contributed by atoms with E-state index in [4.69, 9.17) is 26.0 Å². The molecule has 0 aliphatic rings. The van der Waals surface area contributed by atoms with Gasteiger partial charge in [-0.2, -0.15) is 0 Å². The summed E-state index contributed by atoms with van der Waals surface area (Å²) < 4.78 is 11.1. The van der Waals surface area contributed by atoms with Crippen molar-refractivity contribution in [3.05, 3.63) is 47.1 Å². The van der Waals surface area contributed by atoms with Crippen LogP contribution in [0.3, 0.4) is 0 Å². The summed E-state index contributed by atoms with van der Waals surface area (Å²) in [5.41, 5.74) is 1.04. The van der Waals surface area contributed by atoms with E-state index < -0.39 is 12.1 Å². The van der Waals surface area contributed by atoms with Crippen molar-refractivity contribution in [2.45, 2.75) is 25.9 Å². The molecule has 0 aliphatic carbocycles. The molecule has 0 aliphatic heterocycles. The number of ether oxygens (including phenoxy) is 1. The summed E-state index contributed by atoms with van der Waals surface area (Å²) in [5.74, 6) is 0.0623. The Morgan fingerprint density at radius 1 is 1.38 bits per heavy atom. The van der Waals surface area contributed by atoms with E-state index in [0.717, 1.165) is 0 Å². The summed E-state index contributed by atoms with van der Waals surface area (Å²) in [7, 11) is 0. The van der Waals surface area contributed by atoms with Gasteiger partial charge in [0.05, 0.1) is 17.1 Å². The Morgan fingerprint density at radius 3 is 2.83 bits per heavy atom. The molecule has 0 fully saturated rings. The minimum Gasteiger partial charge on any atom is -0.481 e. The van der Waals surface area contributed by atoms with Crippen LogP contribution >= 0.6 is 11.6 Å². The van der Waals surface area contributed by atoms with Crippen LogP contribution in [0.25, 0.3) is 11.0 Å². The van der Waals surface area contributed by atoms with Crippen molar-refractivity contribution < 1.29 is 19.2 Å². The number of carboxylic acid groups (broad SMARTS) is 1. The Labute approximate surface area is 142 Å². The summed E-state index contributed by atoms with van der Waals surface area (Å²) in [5, 5.41) is 13.7. The normalized spacial score (nSPS) is 12.2. The second kappa shape index (κ2) is 6.84. The molecule has 2 aromatic heterocycles.